The number of rotatable bonds is 6. The summed E-state index contributed by atoms with van der Waals surface area (Å²) in [5, 5.41) is 2.80. The molecular formula is C28H30N4O4S. The molecule has 1 amide bonds. The number of nitrogens with zero attached hydrogens (tertiary/aromatic N) is 2. The van der Waals surface area contributed by atoms with Crippen LogP contribution < -0.4 is 15.6 Å². The van der Waals surface area contributed by atoms with Crippen LogP contribution in [0.1, 0.15) is 42.4 Å². The zero-order chi connectivity index (χ0) is 27.0. The zero-order valence-electron chi connectivity index (χ0n) is 21.4. The van der Waals surface area contributed by atoms with E-state index in [-0.39, 0.29) is 21.6 Å². The highest BCUT2D eigenvalue weighted by atomic mass is 32.2. The first-order valence-corrected chi connectivity index (χ1v) is 13.3. The quantitative estimate of drug-likeness (QED) is 0.381. The molecule has 2 N–H and O–H groups in total. The lowest BCUT2D eigenvalue weighted by Crippen LogP contribution is -2.23. The van der Waals surface area contributed by atoms with Crippen LogP contribution in [0.2, 0.25) is 0 Å². The number of carbonyl (C=O) groups excluding carboxylic acids is 1. The van der Waals surface area contributed by atoms with Gasteiger partial charge in [0.25, 0.3) is 21.5 Å². The Morgan fingerprint density at radius 2 is 1.54 bits per heavy atom. The van der Waals surface area contributed by atoms with Gasteiger partial charge in [0.15, 0.2) is 0 Å². The van der Waals surface area contributed by atoms with E-state index in [4.69, 9.17) is 0 Å². The van der Waals surface area contributed by atoms with Crippen LogP contribution in [0.3, 0.4) is 0 Å². The molecule has 0 aliphatic rings. The lowest BCUT2D eigenvalue weighted by atomic mass is 9.87. The first-order chi connectivity index (χ1) is 17.4. The number of hydrogen-bond donors (Lipinski definition) is 2. The Morgan fingerprint density at radius 3 is 2.16 bits per heavy atom. The van der Waals surface area contributed by atoms with Gasteiger partial charge in [-0.1, -0.05) is 57.2 Å². The molecular weight excluding hydrogens is 488 g/mol. The molecule has 192 valence electrons. The summed E-state index contributed by atoms with van der Waals surface area (Å²) in [6.45, 7) is 7.98. The zero-order valence-corrected chi connectivity index (χ0v) is 22.3. The van der Waals surface area contributed by atoms with Gasteiger partial charge in [-0.2, -0.15) is 0 Å². The van der Waals surface area contributed by atoms with Crippen LogP contribution in [-0.4, -0.2) is 23.7 Å². The summed E-state index contributed by atoms with van der Waals surface area (Å²) < 4.78 is 31.9. The molecule has 0 aliphatic heterocycles. The number of sulfonamides is 1. The number of nitrogens with one attached hydrogen (secondary N) is 2. The molecule has 4 rings (SSSR count). The number of benzene rings is 3. The highest BCUT2D eigenvalue weighted by molar-refractivity contribution is 7.92. The predicted octanol–water partition coefficient (Wildman–Crippen LogP) is 4.84. The summed E-state index contributed by atoms with van der Waals surface area (Å²) in [5.74, 6) is -0.442. The smallest absolute Gasteiger partial charge is 0.296 e. The van der Waals surface area contributed by atoms with Crippen molar-refractivity contribution in [1.82, 2.24) is 9.36 Å². The van der Waals surface area contributed by atoms with Crippen LogP contribution in [0, 0.1) is 6.92 Å². The van der Waals surface area contributed by atoms with Crippen LogP contribution >= 0.6 is 0 Å². The number of anilines is 2. The van der Waals surface area contributed by atoms with Crippen molar-refractivity contribution in [2.75, 3.05) is 10.0 Å². The second-order valence-electron chi connectivity index (χ2n) is 9.85. The third kappa shape index (κ3) is 5.36. The molecule has 4 aromatic rings. The van der Waals surface area contributed by atoms with Gasteiger partial charge in [0, 0.05) is 18.3 Å². The molecule has 9 heteroatoms. The minimum Gasteiger partial charge on any atom is -0.322 e. The fourth-order valence-corrected chi connectivity index (χ4v) is 5.10. The van der Waals surface area contributed by atoms with E-state index in [1.807, 2.05) is 30.3 Å². The van der Waals surface area contributed by atoms with Crippen molar-refractivity contribution < 1.29 is 13.2 Å². The number of carbonyl (C=O) groups is 1. The second kappa shape index (κ2) is 9.74. The van der Waals surface area contributed by atoms with Gasteiger partial charge in [0.2, 0.25) is 0 Å². The number of hydrogen-bond acceptors (Lipinski definition) is 4. The minimum atomic E-state index is -4.15. The lowest BCUT2D eigenvalue weighted by molar-refractivity contribution is 0.102. The molecule has 1 heterocycles. The molecule has 0 aliphatic carbocycles. The fraction of sp³-hybridized carbons (Fsp3) is 0.214. The van der Waals surface area contributed by atoms with Gasteiger partial charge in [-0.15, -0.1) is 0 Å². The average molecular weight is 519 g/mol. The summed E-state index contributed by atoms with van der Waals surface area (Å²) in [5.41, 5.74) is 2.40. The molecule has 0 radical (unpaired) electrons. The van der Waals surface area contributed by atoms with Crippen molar-refractivity contribution in [2.24, 2.45) is 7.05 Å². The van der Waals surface area contributed by atoms with Crippen LogP contribution in [0.5, 0.6) is 0 Å². The topological polar surface area (TPSA) is 102 Å². The summed E-state index contributed by atoms with van der Waals surface area (Å²) in [6, 6.07) is 22.2. The Labute approximate surface area is 216 Å². The van der Waals surface area contributed by atoms with Crippen molar-refractivity contribution in [3.8, 4) is 5.69 Å². The summed E-state index contributed by atoms with van der Waals surface area (Å²) in [7, 11) is -2.47. The monoisotopic (exact) mass is 518 g/mol. The van der Waals surface area contributed by atoms with Crippen LogP contribution in [-0.2, 0) is 22.5 Å². The Hall–Kier alpha value is -4.11. The Bertz CT molecular complexity index is 1610. The largest absolute Gasteiger partial charge is 0.322 e. The predicted molar refractivity (Wildman–Crippen MR) is 146 cm³/mol. The van der Waals surface area contributed by atoms with E-state index in [0.29, 0.717) is 17.1 Å². The highest BCUT2D eigenvalue weighted by Gasteiger charge is 2.23. The van der Waals surface area contributed by atoms with Crippen LogP contribution in [0.15, 0.2) is 88.6 Å². The third-order valence-corrected chi connectivity index (χ3v) is 7.55. The van der Waals surface area contributed by atoms with Gasteiger partial charge in [-0.05, 0) is 60.4 Å². The van der Waals surface area contributed by atoms with E-state index in [9.17, 15) is 18.0 Å². The fourth-order valence-electron chi connectivity index (χ4n) is 3.94. The van der Waals surface area contributed by atoms with E-state index in [1.165, 1.54) is 28.9 Å². The van der Waals surface area contributed by atoms with Crippen molar-refractivity contribution in [2.45, 2.75) is 38.0 Å². The summed E-state index contributed by atoms with van der Waals surface area (Å²) in [4.78, 5) is 25.9. The highest BCUT2D eigenvalue weighted by Crippen LogP contribution is 2.24. The van der Waals surface area contributed by atoms with Gasteiger partial charge in [0.1, 0.15) is 5.69 Å². The maximum Gasteiger partial charge on any atom is 0.296 e. The molecule has 0 saturated carbocycles. The number of aromatic nitrogens is 2. The molecule has 0 spiro atoms. The van der Waals surface area contributed by atoms with Gasteiger partial charge in [-0.25, -0.2) is 13.1 Å². The van der Waals surface area contributed by atoms with Crippen molar-refractivity contribution >= 4 is 27.3 Å². The molecule has 0 atom stereocenters. The van der Waals surface area contributed by atoms with E-state index in [1.54, 1.807) is 42.9 Å². The first kappa shape index (κ1) is 26.0. The molecule has 8 nitrogen and oxygen atoms in total. The van der Waals surface area contributed by atoms with E-state index >= 15 is 0 Å². The second-order valence-corrected chi connectivity index (χ2v) is 11.5. The van der Waals surface area contributed by atoms with E-state index in [0.717, 1.165) is 5.56 Å². The van der Waals surface area contributed by atoms with Crippen molar-refractivity contribution in [3.63, 3.8) is 0 Å². The third-order valence-electron chi connectivity index (χ3n) is 6.21. The maximum absolute atomic E-state index is 13.2. The SMILES string of the molecule is Cc1c(NS(=O)(=O)c2cccc(C(=O)Nc3ccc(C(C)(C)C)cc3)c2)c(=O)n(-c2ccccc2)n1C. The van der Waals surface area contributed by atoms with Gasteiger partial charge in [-0.3, -0.25) is 19.0 Å². The minimum absolute atomic E-state index is 0.0142. The van der Waals surface area contributed by atoms with Gasteiger partial charge >= 0.3 is 0 Å². The Balaban J connectivity index is 1.59. The van der Waals surface area contributed by atoms with Crippen molar-refractivity contribution in [3.05, 3.63) is 106 Å². The normalized spacial score (nSPS) is 11.8. The number of amides is 1. The molecule has 0 saturated heterocycles. The van der Waals surface area contributed by atoms with E-state index < -0.39 is 21.5 Å². The summed E-state index contributed by atoms with van der Waals surface area (Å²) >= 11 is 0. The molecule has 1 aromatic heterocycles. The Morgan fingerprint density at radius 1 is 0.892 bits per heavy atom. The van der Waals surface area contributed by atoms with Gasteiger partial charge in [0.05, 0.1) is 16.3 Å². The molecule has 0 unspecified atom stereocenters. The van der Waals surface area contributed by atoms with Crippen LogP contribution in [0.25, 0.3) is 5.69 Å². The lowest BCUT2D eigenvalue weighted by Gasteiger charge is -2.19. The molecule has 3 aromatic carbocycles. The maximum atomic E-state index is 13.2. The number of para-hydroxylation sites is 1. The Kier molecular flexibility index (Phi) is 6.84. The molecule has 0 fully saturated rings. The van der Waals surface area contributed by atoms with E-state index in [2.05, 4.69) is 30.8 Å². The van der Waals surface area contributed by atoms with Crippen LogP contribution in [0.4, 0.5) is 11.4 Å². The molecule has 0 bridgehead atoms. The summed E-state index contributed by atoms with van der Waals surface area (Å²) in [6.07, 6.45) is 0. The molecule has 37 heavy (non-hydrogen) atoms. The standard InChI is InChI=1S/C28H30N4O4S/c1-19-25(27(34)32(31(19)5)23-11-7-6-8-12-23)30-37(35,36)24-13-9-10-20(18-24)26(33)29-22-16-14-21(15-17-22)28(2,3)4/h6-18,30H,1-5H3,(H,29,33). The average Bonchev–Trinajstić information content (AvgIpc) is 3.07. The first-order valence-electron chi connectivity index (χ1n) is 11.8. The van der Waals surface area contributed by atoms with Crippen molar-refractivity contribution in [1.29, 1.82) is 0 Å². The van der Waals surface area contributed by atoms with Gasteiger partial charge < -0.3 is 5.32 Å².